The number of hydrogen-bond donors (Lipinski definition) is 2. The summed E-state index contributed by atoms with van der Waals surface area (Å²) in [4.78, 5) is 13.3. The second kappa shape index (κ2) is 6.29. The predicted molar refractivity (Wildman–Crippen MR) is 64.2 cm³/mol. The summed E-state index contributed by atoms with van der Waals surface area (Å²) in [5.41, 5.74) is 4.29. The van der Waals surface area contributed by atoms with Crippen LogP contribution in [0.2, 0.25) is 0 Å². The largest absolute Gasteiger partial charge is 0.409 e. The van der Waals surface area contributed by atoms with Crippen LogP contribution < -0.4 is 5.73 Å². The summed E-state index contributed by atoms with van der Waals surface area (Å²) >= 11 is 0. The number of ether oxygens (including phenoxy) is 1. The molecule has 1 saturated heterocycles. The Kier molecular flexibility index (Phi) is 5.21. The summed E-state index contributed by atoms with van der Waals surface area (Å²) in [6.07, 6.45) is -5.08. The average molecular weight is 297 g/mol. The van der Waals surface area contributed by atoms with E-state index in [9.17, 15) is 18.0 Å². The van der Waals surface area contributed by atoms with Gasteiger partial charge in [0.25, 0.3) is 0 Å². The lowest BCUT2D eigenvalue weighted by Crippen LogP contribution is -2.53. The van der Waals surface area contributed by atoms with Crippen LogP contribution in [0.1, 0.15) is 19.3 Å². The number of alkyl halides is 3. The van der Waals surface area contributed by atoms with E-state index in [0.29, 0.717) is 0 Å². The van der Waals surface area contributed by atoms with E-state index in [2.05, 4.69) is 5.16 Å². The molecule has 0 aromatic carbocycles. The first-order chi connectivity index (χ1) is 9.23. The quantitative estimate of drug-likeness (QED) is 0.350. The third-order valence-corrected chi connectivity index (χ3v) is 3.43. The van der Waals surface area contributed by atoms with E-state index in [1.807, 2.05) is 0 Å². The average Bonchev–Trinajstić information content (AvgIpc) is 2.42. The molecule has 1 fully saturated rings. The van der Waals surface area contributed by atoms with E-state index in [4.69, 9.17) is 15.7 Å². The summed E-state index contributed by atoms with van der Waals surface area (Å²) in [5, 5.41) is 11.7. The number of hydrogen-bond acceptors (Lipinski definition) is 4. The van der Waals surface area contributed by atoms with Gasteiger partial charge < -0.3 is 20.6 Å². The molecule has 20 heavy (non-hydrogen) atoms. The van der Waals surface area contributed by atoms with Crippen molar-refractivity contribution in [2.24, 2.45) is 16.3 Å². The fourth-order valence-electron chi connectivity index (χ4n) is 2.16. The Labute approximate surface area is 114 Å². The number of amides is 1. The molecule has 0 unspecified atom stereocenters. The van der Waals surface area contributed by atoms with Gasteiger partial charge in [-0.05, 0) is 12.8 Å². The highest BCUT2D eigenvalue weighted by atomic mass is 19.4. The van der Waals surface area contributed by atoms with E-state index in [1.165, 1.54) is 7.05 Å². The third-order valence-electron chi connectivity index (χ3n) is 3.43. The topological polar surface area (TPSA) is 88.2 Å². The molecule has 9 heteroatoms. The van der Waals surface area contributed by atoms with E-state index in [1.54, 1.807) is 0 Å². The van der Waals surface area contributed by atoms with Gasteiger partial charge in [0.05, 0.1) is 6.42 Å². The Morgan fingerprint density at radius 2 is 2.00 bits per heavy atom. The summed E-state index contributed by atoms with van der Waals surface area (Å²) in [7, 11) is 1.27. The molecule has 1 aliphatic rings. The number of rotatable bonds is 4. The molecule has 6 nitrogen and oxygen atoms in total. The smallest absolute Gasteiger partial charge is 0.390 e. The molecule has 0 aromatic heterocycles. The molecule has 0 spiro atoms. The first-order valence-electron chi connectivity index (χ1n) is 6.11. The Morgan fingerprint density at radius 1 is 1.45 bits per heavy atom. The molecule has 0 radical (unpaired) electrons. The summed E-state index contributed by atoms with van der Waals surface area (Å²) < 4.78 is 41.7. The Hall–Kier alpha value is -1.51. The van der Waals surface area contributed by atoms with Crippen LogP contribution >= 0.6 is 0 Å². The standard InChI is InChI=1S/C11H18F3N3O3/c1-17(5-2-11(12,13)14)9(18)10(8(15)16-19)3-6-20-7-4-10/h19H,2-7H2,1H3,(H2,15,16). The minimum Gasteiger partial charge on any atom is -0.409 e. The van der Waals surface area contributed by atoms with Gasteiger partial charge in [-0.15, -0.1) is 0 Å². The van der Waals surface area contributed by atoms with Gasteiger partial charge in [0.2, 0.25) is 5.91 Å². The molecule has 0 aliphatic carbocycles. The molecule has 0 atom stereocenters. The van der Waals surface area contributed by atoms with Crippen molar-refractivity contribution in [1.82, 2.24) is 4.90 Å². The highest BCUT2D eigenvalue weighted by Gasteiger charge is 2.46. The van der Waals surface area contributed by atoms with Gasteiger partial charge in [-0.1, -0.05) is 5.16 Å². The predicted octanol–water partition coefficient (Wildman–Crippen LogP) is 0.940. The molecule has 1 amide bonds. The number of nitrogens with zero attached hydrogens (tertiary/aromatic N) is 2. The Bertz CT molecular complexity index is 379. The maximum Gasteiger partial charge on any atom is 0.390 e. The summed E-state index contributed by atoms with van der Waals surface area (Å²) in [6.45, 7) is -0.00616. The van der Waals surface area contributed by atoms with Crippen molar-refractivity contribution in [3.63, 3.8) is 0 Å². The van der Waals surface area contributed by atoms with Crippen molar-refractivity contribution in [3.8, 4) is 0 Å². The van der Waals surface area contributed by atoms with Gasteiger partial charge in [-0.2, -0.15) is 13.2 Å². The third kappa shape index (κ3) is 3.75. The maximum absolute atomic E-state index is 12.4. The fourth-order valence-corrected chi connectivity index (χ4v) is 2.16. The zero-order chi connectivity index (χ0) is 15.4. The van der Waals surface area contributed by atoms with E-state index < -0.39 is 30.5 Å². The summed E-state index contributed by atoms with van der Waals surface area (Å²) in [6, 6.07) is 0. The van der Waals surface area contributed by atoms with Gasteiger partial charge in [-0.3, -0.25) is 4.79 Å². The number of carbonyl (C=O) groups excluding carboxylic acids is 1. The summed E-state index contributed by atoms with van der Waals surface area (Å²) in [5.74, 6) is -0.870. The number of oxime groups is 1. The highest BCUT2D eigenvalue weighted by molar-refractivity contribution is 6.06. The van der Waals surface area contributed by atoms with Crippen molar-refractivity contribution in [3.05, 3.63) is 0 Å². The van der Waals surface area contributed by atoms with Gasteiger partial charge in [0, 0.05) is 26.8 Å². The van der Waals surface area contributed by atoms with Crippen LogP contribution in [0.4, 0.5) is 13.2 Å². The van der Waals surface area contributed by atoms with Crippen LogP contribution in [0.25, 0.3) is 0 Å². The van der Waals surface area contributed by atoms with Crippen LogP contribution in [0.3, 0.4) is 0 Å². The molecule has 0 aromatic rings. The van der Waals surface area contributed by atoms with Crippen LogP contribution in [-0.4, -0.2) is 54.8 Å². The van der Waals surface area contributed by atoms with Crippen molar-refractivity contribution in [2.45, 2.75) is 25.4 Å². The van der Waals surface area contributed by atoms with Crippen molar-refractivity contribution >= 4 is 11.7 Å². The van der Waals surface area contributed by atoms with Gasteiger partial charge in [0.1, 0.15) is 5.41 Å². The monoisotopic (exact) mass is 297 g/mol. The van der Waals surface area contributed by atoms with Gasteiger partial charge in [-0.25, -0.2) is 0 Å². The number of carbonyl (C=O) groups is 1. The molecular formula is C11H18F3N3O3. The van der Waals surface area contributed by atoms with Crippen LogP contribution in [0, 0.1) is 5.41 Å². The minimum atomic E-state index is -4.34. The first-order valence-corrected chi connectivity index (χ1v) is 6.11. The molecule has 116 valence electrons. The molecule has 1 rings (SSSR count). The van der Waals surface area contributed by atoms with Gasteiger partial charge >= 0.3 is 6.18 Å². The normalized spacial score (nSPS) is 19.7. The van der Waals surface area contributed by atoms with Crippen molar-refractivity contribution < 1.29 is 27.9 Å². The van der Waals surface area contributed by atoms with Gasteiger partial charge in [0.15, 0.2) is 5.84 Å². The molecule has 0 bridgehead atoms. The zero-order valence-corrected chi connectivity index (χ0v) is 11.1. The molecular weight excluding hydrogens is 279 g/mol. The van der Waals surface area contributed by atoms with Crippen molar-refractivity contribution in [2.75, 3.05) is 26.8 Å². The fraction of sp³-hybridized carbons (Fsp3) is 0.818. The van der Waals surface area contributed by atoms with E-state index >= 15 is 0 Å². The number of nitrogens with two attached hydrogens (primary N) is 1. The zero-order valence-electron chi connectivity index (χ0n) is 11.1. The minimum absolute atomic E-state index is 0.179. The first kappa shape index (κ1) is 16.5. The lowest BCUT2D eigenvalue weighted by atomic mass is 9.77. The van der Waals surface area contributed by atoms with E-state index in [0.717, 1.165) is 4.90 Å². The second-order valence-corrected chi connectivity index (χ2v) is 4.77. The van der Waals surface area contributed by atoms with Crippen LogP contribution in [-0.2, 0) is 9.53 Å². The number of halogens is 3. The number of amidine groups is 1. The highest BCUT2D eigenvalue weighted by Crippen LogP contribution is 2.33. The van der Waals surface area contributed by atoms with E-state index in [-0.39, 0.29) is 31.9 Å². The molecule has 0 saturated carbocycles. The molecule has 1 heterocycles. The molecule has 3 N–H and O–H groups in total. The van der Waals surface area contributed by atoms with Crippen molar-refractivity contribution in [1.29, 1.82) is 0 Å². The van der Waals surface area contributed by atoms with Crippen LogP contribution in [0.5, 0.6) is 0 Å². The lowest BCUT2D eigenvalue weighted by Gasteiger charge is -2.37. The SMILES string of the molecule is CN(CCC(F)(F)F)C(=O)C1(C(N)=NO)CCOCC1. The Morgan fingerprint density at radius 3 is 2.45 bits per heavy atom. The lowest BCUT2D eigenvalue weighted by molar-refractivity contribution is -0.150. The van der Waals surface area contributed by atoms with Crippen LogP contribution in [0.15, 0.2) is 5.16 Å². The molecule has 1 aliphatic heterocycles. The Balaban J connectivity index is 2.83. The second-order valence-electron chi connectivity index (χ2n) is 4.77. The maximum atomic E-state index is 12.4.